The summed E-state index contributed by atoms with van der Waals surface area (Å²) in [7, 11) is 1.60. The second-order valence-electron chi connectivity index (χ2n) is 7.90. The minimum atomic E-state index is -0.351. The first-order valence-electron chi connectivity index (χ1n) is 10.6. The van der Waals surface area contributed by atoms with Crippen molar-refractivity contribution in [3.63, 3.8) is 0 Å². The molecule has 0 radical (unpaired) electrons. The van der Waals surface area contributed by atoms with Crippen molar-refractivity contribution in [2.24, 2.45) is 0 Å². The number of hydrogen-bond acceptors (Lipinski definition) is 4. The van der Waals surface area contributed by atoms with Crippen LogP contribution in [0.3, 0.4) is 0 Å². The topological polar surface area (TPSA) is 67.7 Å². The number of carbonyl (C=O) groups is 2. The van der Waals surface area contributed by atoms with Crippen molar-refractivity contribution >= 4 is 17.9 Å². The van der Waals surface area contributed by atoms with Crippen LogP contribution < -0.4 is 4.74 Å². The molecule has 0 atom stereocenters. The molecule has 2 aromatic carbocycles. The molecule has 2 heterocycles. The van der Waals surface area contributed by atoms with E-state index in [1.165, 1.54) is 29.1 Å². The van der Waals surface area contributed by atoms with Crippen LogP contribution in [-0.2, 0) is 16.1 Å². The Morgan fingerprint density at radius 2 is 1.97 bits per heavy atom. The summed E-state index contributed by atoms with van der Waals surface area (Å²) in [6.07, 6.45) is 5.88. The number of nitrogens with zero attached hydrogens (tertiary/aromatic N) is 4. The number of imidazole rings is 1. The minimum absolute atomic E-state index is 0.179. The summed E-state index contributed by atoms with van der Waals surface area (Å²) in [5, 5.41) is 2.86. The Hall–Kier alpha value is -3.94. The van der Waals surface area contributed by atoms with Crippen LogP contribution in [0.25, 0.3) is 11.8 Å². The van der Waals surface area contributed by atoms with Crippen LogP contribution in [0.4, 0.5) is 4.39 Å². The highest BCUT2D eigenvalue weighted by atomic mass is 19.1. The second kappa shape index (κ2) is 9.28. The Morgan fingerprint density at radius 1 is 1.21 bits per heavy atom. The third-order valence-electron chi connectivity index (χ3n) is 5.54. The molecule has 0 bridgehead atoms. The van der Waals surface area contributed by atoms with Gasteiger partial charge in [-0.15, -0.1) is 0 Å². The molecule has 1 saturated heterocycles. The van der Waals surface area contributed by atoms with Crippen LogP contribution in [0.1, 0.15) is 30.2 Å². The molecule has 33 heavy (non-hydrogen) atoms. The van der Waals surface area contributed by atoms with Gasteiger partial charge in [-0.1, -0.05) is 18.2 Å². The van der Waals surface area contributed by atoms with Crippen LogP contribution in [0.2, 0.25) is 0 Å². The summed E-state index contributed by atoms with van der Waals surface area (Å²) in [5.74, 6) is -0.172. The highest BCUT2D eigenvalue weighted by Gasteiger charge is 2.31. The predicted molar refractivity (Wildman–Crippen MR) is 122 cm³/mol. The molecule has 0 N–H and O–H groups in total. The van der Waals surface area contributed by atoms with Gasteiger partial charge in [0.15, 0.2) is 0 Å². The molecule has 4 rings (SSSR count). The van der Waals surface area contributed by atoms with E-state index in [4.69, 9.17) is 4.74 Å². The molecule has 7 nitrogen and oxygen atoms in total. The van der Waals surface area contributed by atoms with E-state index in [9.17, 15) is 14.0 Å². The molecule has 170 valence electrons. The van der Waals surface area contributed by atoms with Gasteiger partial charge >= 0.3 is 0 Å². The maximum atomic E-state index is 13.3. The quantitative estimate of drug-likeness (QED) is 0.555. The van der Waals surface area contributed by atoms with Gasteiger partial charge < -0.3 is 9.30 Å². The lowest BCUT2D eigenvalue weighted by atomic mass is 10.0. The molecule has 1 aromatic heterocycles. The van der Waals surface area contributed by atoms with Gasteiger partial charge in [0.05, 0.1) is 31.4 Å². The molecule has 0 unspecified atom stereocenters. The van der Waals surface area contributed by atoms with Gasteiger partial charge in [0, 0.05) is 25.2 Å². The van der Waals surface area contributed by atoms with E-state index in [1.807, 2.05) is 42.0 Å². The maximum Gasteiger partial charge on any atom is 0.268 e. The van der Waals surface area contributed by atoms with E-state index < -0.39 is 0 Å². The molecule has 0 spiro atoms. The Balaban J connectivity index is 1.62. The zero-order chi connectivity index (χ0) is 23.5. The Morgan fingerprint density at radius 3 is 2.61 bits per heavy atom. The average molecular weight is 448 g/mol. The number of hydrazine groups is 1. The smallest absolute Gasteiger partial charge is 0.268 e. The molecule has 8 heteroatoms. The molecule has 1 aliphatic rings. The number of hydrogen-bond donors (Lipinski definition) is 0. The van der Waals surface area contributed by atoms with Crippen LogP contribution >= 0.6 is 0 Å². The van der Waals surface area contributed by atoms with Gasteiger partial charge in [-0.05, 0) is 54.8 Å². The monoisotopic (exact) mass is 448 g/mol. The van der Waals surface area contributed by atoms with E-state index in [0.29, 0.717) is 24.3 Å². The van der Waals surface area contributed by atoms with Crippen molar-refractivity contribution in [2.75, 3.05) is 13.7 Å². The van der Waals surface area contributed by atoms with Crippen molar-refractivity contribution in [3.05, 3.63) is 83.2 Å². The summed E-state index contributed by atoms with van der Waals surface area (Å²) in [5.41, 5.74) is 3.87. The van der Waals surface area contributed by atoms with Crippen molar-refractivity contribution in [3.8, 4) is 11.4 Å². The fourth-order valence-corrected chi connectivity index (χ4v) is 3.86. The number of benzene rings is 2. The Kier molecular flexibility index (Phi) is 6.26. The molecule has 0 saturated carbocycles. The molecule has 2 amide bonds. The molecule has 3 aromatic rings. The van der Waals surface area contributed by atoms with Crippen LogP contribution in [0, 0.1) is 12.7 Å². The number of carbonyl (C=O) groups excluding carboxylic acids is 2. The second-order valence-corrected chi connectivity index (χ2v) is 7.90. The zero-order valence-corrected chi connectivity index (χ0v) is 18.8. The standard InChI is InChI=1S/C25H25FN4O3/c1-17-14-28(16-27-17)23-9-6-20(13-24(23)33-3)12-21-10-11-29(18(2)31)30(25(21)32)15-19-4-7-22(26)8-5-19/h4-9,12-14,16H,10-11,15H2,1-3H3/b21-12+. The number of methoxy groups -OCH3 is 1. The van der Waals surface area contributed by atoms with Gasteiger partial charge in [0.1, 0.15) is 11.6 Å². The van der Waals surface area contributed by atoms with Gasteiger partial charge in [-0.2, -0.15) is 0 Å². The molecule has 1 aliphatic heterocycles. The SMILES string of the molecule is COc1cc(/C=C2\CCN(C(C)=O)N(Cc3ccc(F)cc3)C2=O)ccc1-n1cnc(C)c1. The summed E-state index contributed by atoms with van der Waals surface area (Å²) < 4.78 is 20.7. The minimum Gasteiger partial charge on any atom is -0.495 e. The normalized spacial score (nSPS) is 15.3. The summed E-state index contributed by atoms with van der Waals surface area (Å²) in [4.78, 5) is 29.7. The van der Waals surface area contributed by atoms with Gasteiger partial charge in [0.2, 0.25) is 5.91 Å². The van der Waals surface area contributed by atoms with Gasteiger partial charge in [-0.3, -0.25) is 14.6 Å². The van der Waals surface area contributed by atoms with Crippen molar-refractivity contribution in [1.29, 1.82) is 0 Å². The first kappa shape index (κ1) is 22.3. The fourth-order valence-electron chi connectivity index (χ4n) is 3.86. The Bertz CT molecular complexity index is 1220. The van der Waals surface area contributed by atoms with E-state index in [1.54, 1.807) is 25.6 Å². The average Bonchev–Trinajstić information content (AvgIpc) is 3.23. The lowest BCUT2D eigenvalue weighted by Gasteiger charge is -2.39. The number of halogens is 1. The van der Waals surface area contributed by atoms with Crippen LogP contribution in [-0.4, -0.2) is 45.0 Å². The summed E-state index contributed by atoms with van der Waals surface area (Å²) in [6.45, 7) is 3.91. The van der Waals surface area contributed by atoms with Crippen molar-refractivity contribution in [2.45, 2.75) is 26.8 Å². The predicted octanol–water partition coefficient (Wildman–Crippen LogP) is 3.91. The Labute approximate surface area is 191 Å². The lowest BCUT2D eigenvalue weighted by Crippen LogP contribution is -2.52. The van der Waals surface area contributed by atoms with Gasteiger partial charge in [-0.25, -0.2) is 14.4 Å². The molecular formula is C25H25FN4O3. The zero-order valence-electron chi connectivity index (χ0n) is 18.8. The van der Waals surface area contributed by atoms with E-state index in [2.05, 4.69) is 4.98 Å². The highest BCUT2D eigenvalue weighted by Crippen LogP contribution is 2.28. The molecular weight excluding hydrogens is 423 g/mol. The highest BCUT2D eigenvalue weighted by molar-refractivity contribution is 5.99. The fraction of sp³-hybridized carbons (Fsp3) is 0.240. The molecule has 1 fully saturated rings. The first-order chi connectivity index (χ1) is 15.9. The summed E-state index contributed by atoms with van der Waals surface area (Å²) >= 11 is 0. The molecule has 0 aliphatic carbocycles. The van der Waals surface area contributed by atoms with Gasteiger partial charge in [0.25, 0.3) is 5.91 Å². The van der Waals surface area contributed by atoms with Crippen LogP contribution in [0.15, 0.2) is 60.6 Å². The van der Waals surface area contributed by atoms with Crippen molar-refractivity contribution < 1.29 is 18.7 Å². The third-order valence-corrected chi connectivity index (χ3v) is 5.54. The van der Waals surface area contributed by atoms with E-state index in [-0.39, 0.29) is 24.2 Å². The number of ether oxygens (including phenoxy) is 1. The maximum absolute atomic E-state index is 13.3. The third kappa shape index (κ3) is 4.79. The number of aromatic nitrogens is 2. The van der Waals surface area contributed by atoms with E-state index >= 15 is 0 Å². The largest absolute Gasteiger partial charge is 0.495 e. The number of amides is 2. The number of aryl methyl sites for hydroxylation is 1. The summed E-state index contributed by atoms with van der Waals surface area (Å²) in [6, 6.07) is 11.6. The number of rotatable bonds is 5. The van der Waals surface area contributed by atoms with Crippen LogP contribution in [0.5, 0.6) is 5.75 Å². The lowest BCUT2D eigenvalue weighted by molar-refractivity contribution is -0.164. The van der Waals surface area contributed by atoms with Crippen molar-refractivity contribution in [1.82, 2.24) is 19.6 Å². The first-order valence-corrected chi connectivity index (χ1v) is 10.6. The van der Waals surface area contributed by atoms with E-state index in [0.717, 1.165) is 22.5 Å².